The number of aromatic nitrogens is 1. The molecule has 0 unspecified atom stereocenters. The van der Waals surface area contributed by atoms with Crippen LogP contribution in [-0.4, -0.2) is 86.1 Å². The van der Waals surface area contributed by atoms with Crippen molar-refractivity contribution >= 4 is 23.7 Å². The fraction of sp³-hybridized carbons (Fsp3) is 0.400. The number of carbonyl (C=O) groups is 4. The Balaban J connectivity index is 1.24. The van der Waals surface area contributed by atoms with Gasteiger partial charge >= 0.3 is 5.97 Å². The number of nitrogens with zero attached hydrogens (tertiary/aromatic N) is 3. The van der Waals surface area contributed by atoms with Crippen LogP contribution in [-0.2, 0) is 26.8 Å². The SMILES string of the molecule is Cn1cccc(C(=O)NC2CCN(C(=O)[C@H]3CC[C@@](C(=O)N4C[C@H](O)C[C@H]4C(=O)O)(c4ccccc4)c4ccccc43)CC2)c1=O. The normalized spacial score (nSPS) is 24.7. The number of carbonyl (C=O) groups excluding carboxylic acids is 3. The molecular weight excluding hydrogens is 588 g/mol. The summed E-state index contributed by atoms with van der Waals surface area (Å²) in [5, 5.41) is 23.2. The largest absolute Gasteiger partial charge is 0.480 e. The summed E-state index contributed by atoms with van der Waals surface area (Å²) in [4.78, 5) is 69.1. The fourth-order valence-electron chi connectivity index (χ4n) is 7.48. The van der Waals surface area contributed by atoms with Crippen molar-refractivity contribution in [3.63, 3.8) is 0 Å². The van der Waals surface area contributed by atoms with E-state index in [0.717, 1.165) is 5.56 Å². The lowest BCUT2D eigenvalue weighted by Gasteiger charge is -2.44. The zero-order chi connectivity index (χ0) is 32.6. The van der Waals surface area contributed by atoms with Gasteiger partial charge in [-0.1, -0.05) is 54.6 Å². The number of aliphatic hydroxyl groups is 1. The van der Waals surface area contributed by atoms with Gasteiger partial charge in [0.2, 0.25) is 11.8 Å². The van der Waals surface area contributed by atoms with Crippen molar-refractivity contribution in [2.45, 2.75) is 61.6 Å². The molecule has 3 heterocycles. The molecule has 2 fully saturated rings. The van der Waals surface area contributed by atoms with E-state index in [4.69, 9.17) is 0 Å². The van der Waals surface area contributed by atoms with Gasteiger partial charge < -0.3 is 29.9 Å². The number of nitrogens with one attached hydrogen (secondary N) is 1. The molecule has 1 aliphatic carbocycles. The van der Waals surface area contributed by atoms with E-state index >= 15 is 0 Å². The van der Waals surface area contributed by atoms with Crippen molar-refractivity contribution in [2.24, 2.45) is 7.05 Å². The smallest absolute Gasteiger partial charge is 0.326 e. The Hall–Kier alpha value is -4.77. The maximum absolute atomic E-state index is 14.6. The lowest BCUT2D eigenvalue weighted by Crippen LogP contribution is -2.54. The number of likely N-dealkylation sites (tertiary alicyclic amines) is 2. The molecule has 0 spiro atoms. The summed E-state index contributed by atoms with van der Waals surface area (Å²) in [7, 11) is 1.59. The second-order valence-corrected chi connectivity index (χ2v) is 12.6. The predicted molar refractivity (Wildman–Crippen MR) is 168 cm³/mol. The number of piperidine rings is 1. The molecule has 4 atom stereocenters. The summed E-state index contributed by atoms with van der Waals surface area (Å²) in [6, 6.07) is 18.5. The molecule has 2 aliphatic heterocycles. The molecule has 1 aromatic heterocycles. The van der Waals surface area contributed by atoms with E-state index in [1.54, 1.807) is 24.2 Å². The third-order valence-electron chi connectivity index (χ3n) is 9.87. The molecule has 0 saturated carbocycles. The van der Waals surface area contributed by atoms with Crippen LogP contribution >= 0.6 is 0 Å². The van der Waals surface area contributed by atoms with Gasteiger partial charge in [0, 0.05) is 45.3 Å². The molecule has 11 heteroatoms. The van der Waals surface area contributed by atoms with Gasteiger partial charge in [0.1, 0.15) is 11.6 Å². The van der Waals surface area contributed by atoms with E-state index < -0.39 is 35.4 Å². The first kappa shape index (κ1) is 31.2. The van der Waals surface area contributed by atoms with Gasteiger partial charge in [0.25, 0.3) is 11.5 Å². The number of hydrogen-bond donors (Lipinski definition) is 3. The summed E-state index contributed by atoms with van der Waals surface area (Å²) >= 11 is 0. The second-order valence-electron chi connectivity index (χ2n) is 12.6. The highest BCUT2D eigenvalue weighted by atomic mass is 16.4. The Labute approximate surface area is 266 Å². The Morgan fingerprint density at radius 2 is 1.61 bits per heavy atom. The molecule has 6 rings (SSSR count). The number of hydrogen-bond acceptors (Lipinski definition) is 6. The van der Waals surface area contributed by atoms with E-state index in [2.05, 4.69) is 5.32 Å². The quantitative estimate of drug-likeness (QED) is 0.379. The average molecular weight is 627 g/mol. The van der Waals surface area contributed by atoms with Gasteiger partial charge in [-0.15, -0.1) is 0 Å². The van der Waals surface area contributed by atoms with Crippen LogP contribution in [0, 0.1) is 0 Å². The number of benzene rings is 2. The average Bonchev–Trinajstić information content (AvgIpc) is 3.47. The molecule has 0 radical (unpaired) electrons. The molecule has 11 nitrogen and oxygen atoms in total. The summed E-state index contributed by atoms with van der Waals surface area (Å²) in [6.07, 6.45) is 2.37. The molecule has 3 N–H and O–H groups in total. The van der Waals surface area contributed by atoms with Crippen LogP contribution in [0.1, 0.15) is 65.1 Å². The Kier molecular flexibility index (Phi) is 8.52. The zero-order valence-electron chi connectivity index (χ0n) is 25.7. The van der Waals surface area contributed by atoms with Gasteiger partial charge in [-0.25, -0.2) is 4.79 Å². The molecule has 3 aliphatic rings. The lowest BCUT2D eigenvalue weighted by atomic mass is 9.62. The number of carboxylic acids is 1. The second kappa shape index (κ2) is 12.6. The van der Waals surface area contributed by atoms with Crippen LogP contribution in [0.3, 0.4) is 0 Å². The number of rotatable bonds is 6. The molecule has 240 valence electrons. The first-order valence-electron chi connectivity index (χ1n) is 15.7. The number of amides is 3. The van der Waals surface area contributed by atoms with E-state index in [0.29, 0.717) is 49.9 Å². The van der Waals surface area contributed by atoms with Crippen LogP contribution in [0.5, 0.6) is 0 Å². The Bertz CT molecular complexity index is 1720. The van der Waals surface area contributed by atoms with E-state index in [1.165, 1.54) is 15.5 Å². The highest BCUT2D eigenvalue weighted by Crippen LogP contribution is 2.49. The van der Waals surface area contributed by atoms with Gasteiger partial charge in [-0.05, 0) is 54.5 Å². The zero-order valence-corrected chi connectivity index (χ0v) is 25.7. The van der Waals surface area contributed by atoms with Crippen molar-refractivity contribution in [3.05, 3.63) is 106 Å². The van der Waals surface area contributed by atoms with Crippen LogP contribution in [0.25, 0.3) is 0 Å². The highest BCUT2D eigenvalue weighted by molar-refractivity contribution is 5.97. The predicted octanol–water partition coefficient (Wildman–Crippen LogP) is 2.02. The Morgan fingerprint density at radius 1 is 0.913 bits per heavy atom. The number of pyridine rings is 1. The van der Waals surface area contributed by atoms with Crippen LogP contribution < -0.4 is 10.9 Å². The number of aliphatic hydroxyl groups excluding tert-OH is 1. The number of aryl methyl sites for hydroxylation is 1. The number of fused-ring (bicyclic) bond motifs is 1. The van der Waals surface area contributed by atoms with Crippen molar-refractivity contribution in [1.29, 1.82) is 0 Å². The third-order valence-corrected chi connectivity index (χ3v) is 9.87. The van der Waals surface area contributed by atoms with Crippen molar-refractivity contribution in [1.82, 2.24) is 19.7 Å². The topological polar surface area (TPSA) is 149 Å². The molecule has 2 aromatic carbocycles. The van der Waals surface area contributed by atoms with Gasteiger partial charge in [0.05, 0.1) is 17.4 Å². The molecule has 46 heavy (non-hydrogen) atoms. The van der Waals surface area contributed by atoms with E-state index in [1.807, 2.05) is 54.6 Å². The maximum atomic E-state index is 14.6. The molecule has 3 amide bonds. The van der Waals surface area contributed by atoms with E-state index in [9.17, 15) is 34.2 Å². The number of β-amino-alcohol motifs (C(OH)–C–C–N with tert-alkyl or cyclic N) is 1. The Morgan fingerprint density at radius 3 is 2.33 bits per heavy atom. The van der Waals surface area contributed by atoms with Crippen LogP contribution in [0.15, 0.2) is 77.7 Å². The minimum atomic E-state index is -1.22. The highest BCUT2D eigenvalue weighted by Gasteiger charge is 2.53. The minimum Gasteiger partial charge on any atom is -0.480 e. The van der Waals surface area contributed by atoms with Gasteiger partial charge in [-0.3, -0.25) is 19.2 Å². The molecule has 0 bridgehead atoms. The van der Waals surface area contributed by atoms with Gasteiger partial charge in [0.15, 0.2) is 0 Å². The molecule has 3 aromatic rings. The maximum Gasteiger partial charge on any atom is 0.326 e. The van der Waals surface area contributed by atoms with Crippen LogP contribution in [0.2, 0.25) is 0 Å². The standard InChI is InChI=1S/C35H38N4O7/c1-37-17-7-11-27(31(37)42)30(41)36-23-14-18-38(19-15-23)32(43)26-13-16-35(22-8-3-2-4-9-22,28-12-6-5-10-25(26)28)34(46)39-21-24(40)20-29(39)33(44)45/h2-12,17,23-24,26,29,40H,13-16,18-21H2,1H3,(H,36,41)(H,44,45)/t24-,26+,29+,35-/m1/s1. The summed E-state index contributed by atoms with van der Waals surface area (Å²) in [5.41, 5.74) is 0.613. The number of carboxylic acid groups (broad SMARTS) is 1. The first-order chi connectivity index (χ1) is 22.1. The monoisotopic (exact) mass is 626 g/mol. The first-order valence-corrected chi connectivity index (χ1v) is 15.7. The minimum absolute atomic E-state index is 0.0346. The van der Waals surface area contributed by atoms with Crippen molar-refractivity contribution < 1.29 is 29.4 Å². The lowest BCUT2D eigenvalue weighted by molar-refractivity contribution is -0.150. The van der Waals surface area contributed by atoms with Gasteiger partial charge in [-0.2, -0.15) is 0 Å². The van der Waals surface area contributed by atoms with E-state index in [-0.39, 0.29) is 41.9 Å². The van der Waals surface area contributed by atoms with Crippen LogP contribution in [0.4, 0.5) is 0 Å². The van der Waals surface area contributed by atoms with Crippen molar-refractivity contribution in [3.8, 4) is 0 Å². The summed E-state index contributed by atoms with van der Waals surface area (Å²) in [5.74, 6) is -2.52. The van der Waals surface area contributed by atoms with Crippen molar-refractivity contribution in [2.75, 3.05) is 19.6 Å². The fourth-order valence-corrected chi connectivity index (χ4v) is 7.48. The third kappa shape index (κ3) is 5.49. The molecular formula is C35H38N4O7. The molecule has 2 saturated heterocycles. The number of aliphatic carboxylic acids is 1. The summed E-state index contributed by atoms with van der Waals surface area (Å²) < 4.78 is 1.36. The summed E-state index contributed by atoms with van der Waals surface area (Å²) in [6.45, 7) is 0.799.